The molecule has 1 atom stereocenters. The van der Waals surface area contributed by atoms with E-state index in [2.05, 4.69) is 5.32 Å². The first-order valence-electron chi connectivity index (χ1n) is 8.68. The van der Waals surface area contributed by atoms with E-state index in [4.69, 9.17) is 9.47 Å². The lowest BCUT2D eigenvalue weighted by Crippen LogP contribution is -2.40. The summed E-state index contributed by atoms with van der Waals surface area (Å²) in [6.45, 7) is 2.27. The Labute approximate surface area is 156 Å². The topological polar surface area (TPSA) is 102 Å². The lowest BCUT2D eigenvalue weighted by molar-refractivity contribution is -0.129. The smallest absolute Gasteiger partial charge is 0.341 e. The van der Waals surface area contributed by atoms with Gasteiger partial charge < -0.3 is 14.8 Å². The molecule has 2 aliphatic rings. The molecule has 0 aromatic heterocycles. The summed E-state index contributed by atoms with van der Waals surface area (Å²) in [5.74, 6) is -2.48. The first-order chi connectivity index (χ1) is 12.8. The van der Waals surface area contributed by atoms with Crippen molar-refractivity contribution in [3.8, 4) is 0 Å². The Morgan fingerprint density at radius 3 is 2.59 bits per heavy atom. The van der Waals surface area contributed by atoms with Crippen molar-refractivity contribution in [3.63, 3.8) is 0 Å². The van der Waals surface area contributed by atoms with E-state index in [0.29, 0.717) is 0 Å². The van der Waals surface area contributed by atoms with Crippen molar-refractivity contribution in [2.24, 2.45) is 0 Å². The predicted octanol–water partition coefficient (Wildman–Crippen LogP) is 0.670. The second-order valence-corrected chi connectivity index (χ2v) is 8.43. The molecule has 1 aromatic carbocycles. The highest BCUT2D eigenvalue weighted by Crippen LogP contribution is 2.22. The third-order valence-electron chi connectivity index (χ3n) is 4.34. The zero-order valence-electron chi connectivity index (χ0n) is 14.8. The number of nitrogens with zero attached hydrogens (tertiary/aromatic N) is 1. The van der Waals surface area contributed by atoms with Crippen LogP contribution in [0.3, 0.4) is 0 Å². The number of nitrogens with one attached hydrogen (secondary N) is 1. The minimum absolute atomic E-state index is 0.0948. The van der Waals surface area contributed by atoms with E-state index in [1.165, 1.54) is 11.2 Å². The quantitative estimate of drug-likeness (QED) is 0.705. The van der Waals surface area contributed by atoms with Crippen LogP contribution in [0.4, 0.5) is 4.39 Å². The van der Waals surface area contributed by atoms with Crippen molar-refractivity contribution in [2.45, 2.75) is 36.8 Å². The summed E-state index contributed by atoms with van der Waals surface area (Å²) < 4.78 is 50.8. The number of benzene rings is 1. The fraction of sp³-hybridized carbons (Fsp3) is 0.529. The molecule has 1 amide bonds. The first-order valence-corrected chi connectivity index (χ1v) is 10.1. The molecule has 27 heavy (non-hydrogen) atoms. The maximum Gasteiger partial charge on any atom is 0.341 e. The fourth-order valence-electron chi connectivity index (χ4n) is 2.58. The molecule has 1 heterocycles. The van der Waals surface area contributed by atoms with Crippen LogP contribution in [0.1, 0.15) is 30.1 Å². The molecule has 1 aliphatic heterocycles. The van der Waals surface area contributed by atoms with E-state index in [-0.39, 0.29) is 37.2 Å². The van der Waals surface area contributed by atoms with Crippen molar-refractivity contribution >= 4 is 21.9 Å². The second-order valence-electron chi connectivity index (χ2n) is 6.49. The molecule has 1 saturated heterocycles. The zero-order valence-corrected chi connectivity index (χ0v) is 15.6. The summed E-state index contributed by atoms with van der Waals surface area (Å²) in [7, 11) is -3.89. The normalized spacial score (nSPS) is 19.3. The van der Waals surface area contributed by atoms with Crippen molar-refractivity contribution < 1.29 is 31.9 Å². The molecule has 1 saturated carbocycles. The van der Waals surface area contributed by atoms with Crippen LogP contribution in [0.2, 0.25) is 0 Å². The van der Waals surface area contributed by atoms with Gasteiger partial charge in [0, 0.05) is 19.1 Å². The fourth-order valence-corrected chi connectivity index (χ4v) is 4.02. The minimum atomic E-state index is -3.89. The van der Waals surface area contributed by atoms with Gasteiger partial charge in [-0.15, -0.1) is 0 Å². The molecule has 0 spiro atoms. The van der Waals surface area contributed by atoms with E-state index in [9.17, 15) is 22.4 Å². The summed E-state index contributed by atoms with van der Waals surface area (Å²) in [6, 6.07) is 3.03. The molecule has 1 N–H and O–H groups in total. The Morgan fingerprint density at radius 2 is 1.96 bits per heavy atom. The molecular formula is C17H21FN2O6S. The number of halogens is 1. The summed E-state index contributed by atoms with van der Waals surface area (Å²) >= 11 is 0. The minimum Gasteiger partial charge on any atom is -0.449 e. The largest absolute Gasteiger partial charge is 0.449 e. The van der Waals surface area contributed by atoms with E-state index < -0.39 is 39.4 Å². The van der Waals surface area contributed by atoms with Crippen LogP contribution in [-0.4, -0.2) is 63.0 Å². The Balaban J connectivity index is 1.75. The number of morpholine rings is 1. The summed E-state index contributed by atoms with van der Waals surface area (Å²) in [6.07, 6.45) is 0.641. The molecule has 1 aromatic rings. The molecular weight excluding hydrogens is 379 g/mol. The van der Waals surface area contributed by atoms with E-state index in [0.717, 1.165) is 31.0 Å². The van der Waals surface area contributed by atoms with Crippen LogP contribution in [-0.2, 0) is 24.3 Å². The van der Waals surface area contributed by atoms with Gasteiger partial charge in [0.05, 0.1) is 23.7 Å². The number of ether oxygens (including phenoxy) is 2. The van der Waals surface area contributed by atoms with Gasteiger partial charge >= 0.3 is 5.97 Å². The van der Waals surface area contributed by atoms with E-state index >= 15 is 0 Å². The van der Waals surface area contributed by atoms with Gasteiger partial charge in [-0.3, -0.25) is 4.79 Å². The second kappa shape index (κ2) is 7.91. The molecule has 148 valence electrons. The number of carbonyl (C=O) groups excluding carboxylic acids is 2. The average Bonchev–Trinajstić information content (AvgIpc) is 3.46. The SMILES string of the molecule is C[C@@H](OC(=O)c1cc(S(=O)(=O)N2CCOCC2)ccc1F)C(=O)NC1CC1. The van der Waals surface area contributed by atoms with Crippen LogP contribution in [0.5, 0.6) is 0 Å². The number of amides is 1. The van der Waals surface area contributed by atoms with Crippen molar-refractivity contribution in [1.82, 2.24) is 9.62 Å². The Hall–Kier alpha value is -2.04. The third kappa shape index (κ3) is 4.63. The molecule has 3 rings (SSSR count). The van der Waals surface area contributed by atoms with Crippen LogP contribution in [0.25, 0.3) is 0 Å². The van der Waals surface area contributed by atoms with Crippen LogP contribution < -0.4 is 5.32 Å². The first kappa shape index (κ1) is 19.7. The summed E-state index contributed by atoms with van der Waals surface area (Å²) in [4.78, 5) is 23.9. The van der Waals surface area contributed by atoms with Crippen molar-refractivity contribution in [3.05, 3.63) is 29.6 Å². The van der Waals surface area contributed by atoms with Gasteiger partial charge in [0.25, 0.3) is 5.91 Å². The molecule has 0 bridgehead atoms. The summed E-state index contributed by atoms with van der Waals surface area (Å²) in [5, 5.41) is 2.68. The van der Waals surface area contributed by atoms with Gasteiger partial charge in [-0.1, -0.05) is 0 Å². The zero-order chi connectivity index (χ0) is 19.6. The van der Waals surface area contributed by atoms with Gasteiger partial charge in [0.2, 0.25) is 10.0 Å². The Kier molecular flexibility index (Phi) is 5.78. The highest BCUT2D eigenvalue weighted by Gasteiger charge is 2.30. The monoisotopic (exact) mass is 400 g/mol. The predicted molar refractivity (Wildman–Crippen MR) is 92.0 cm³/mol. The average molecular weight is 400 g/mol. The van der Waals surface area contributed by atoms with Crippen LogP contribution >= 0.6 is 0 Å². The maximum atomic E-state index is 14.1. The molecule has 10 heteroatoms. The van der Waals surface area contributed by atoms with Crippen LogP contribution in [0.15, 0.2) is 23.1 Å². The Bertz CT molecular complexity index is 834. The number of hydrogen-bond acceptors (Lipinski definition) is 6. The summed E-state index contributed by atoms with van der Waals surface area (Å²) in [5.41, 5.74) is -0.532. The highest BCUT2D eigenvalue weighted by atomic mass is 32.2. The molecule has 2 fully saturated rings. The van der Waals surface area contributed by atoms with Crippen molar-refractivity contribution in [1.29, 1.82) is 0 Å². The molecule has 0 radical (unpaired) electrons. The number of carbonyl (C=O) groups is 2. The van der Waals surface area contributed by atoms with E-state index in [1.807, 2.05) is 0 Å². The number of esters is 1. The number of sulfonamides is 1. The molecule has 0 unspecified atom stereocenters. The van der Waals surface area contributed by atoms with Crippen molar-refractivity contribution in [2.75, 3.05) is 26.3 Å². The van der Waals surface area contributed by atoms with Crippen LogP contribution in [0, 0.1) is 5.82 Å². The molecule has 1 aliphatic carbocycles. The number of rotatable bonds is 6. The van der Waals surface area contributed by atoms with E-state index in [1.54, 1.807) is 0 Å². The van der Waals surface area contributed by atoms with Gasteiger partial charge in [-0.2, -0.15) is 4.31 Å². The van der Waals surface area contributed by atoms with Gasteiger partial charge in [-0.05, 0) is 38.0 Å². The lowest BCUT2D eigenvalue weighted by atomic mass is 10.2. The van der Waals surface area contributed by atoms with Gasteiger partial charge in [-0.25, -0.2) is 17.6 Å². The van der Waals surface area contributed by atoms with Gasteiger partial charge in [0.1, 0.15) is 5.82 Å². The lowest BCUT2D eigenvalue weighted by Gasteiger charge is -2.26. The number of hydrogen-bond donors (Lipinski definition) is 1. The standard InChI is InChI=1S/C17H21FN2O6S/c1-11(16(21)19-12-2-3-12)26-17(22)14-10-13(4-5-15(14)18)27(23,24)20-6-8-25-9-7-20/h4-5,10-12H,2-3,6-9H2,1H3,(H,19,21)/t11-/m1/s1. The maximum absolute atomic E-state index is 14.1. The third-order valence-corrected chi connectivity index (χ3v) is 6.24. The van der Waals surface area contributed by atoms with Gasteiger partial charge in [0.15, 0.2) is 6.10 Å². The molecule has 8 nitrogen and oxygen atoms in total. The highest BCUT2D eigenvalue weighted by molar-refractivity contribution is 7.89. The Morgan fingerprint density at radius 1 is 1.30 bits per heavy atom.